The van der Waals surface area contributed by atoms with Gasteiger partial charge in [0.1, 0.15) is 0 Å². The molecule has 0 aliphatic carbocycles. The van der Waals surface area contributed by atoms with Crippen LogP contribution in [-0.4, -0.2) is 16.3 Å². The summed E-state index contributed by atoms with van der Waals surface area (Å²) in [5, 5.41) is 17.7. The number of benzene rings is 1. The number of phenolic OH excluding ortho intramolecular Hbond substituents is 1. The summed E-state index contributed by atoms with van der Waals surface area (Å²) in [5.74, 6) is -2.99. The lowest BCUT2D eigenvalue weighted by Gasteiger charge is -2.05. The molecule has 1 unspecified atom stereocenters. The fourth-order valence-electron chi connectivity index (χ4n) is 1.08. The fourth-order valence-corrected chi connectivity index (χ4v) is 1.08. The Morgan fingerprint density at radius 2 is 1.77 bits per heavy atom. The van der Waals surface area contributed by atoms with E-state index in [-0.39, 0.29) is 6.42 Å². The van der Waals surface area contributed by atoms with Crippen LogP contribution in [0.2, 0.25) is 0 Å². The third kappa shape index (κ3) is 2.39. The van der Waals surface area contributed by atoms with Crippen molar-refractivity contribution in [2.24, 2.45) is 0 Å². The monoisotopic (exact) mass is 188 g/mol. The number of aliphatic hydroxyl groups is 1. The largest absolute Gasteiger partial charge is 0.503 e. The molecular weight excluding hydrogens is 178 g/mol. The van der Waals surface area contributed by atoms with E-state index in [2.05, 4.69) is 0 Å². The van der Waals surface area contributed by atoms with Gasteiger partial charge in [-0.05, 0) is 31.0 Å². The number of aromatic hydroxyl groups is 1. The molecule has 1 atom stereocenters. The summed E-state index contributed by atoms with van der Waals surface area (Å²) in [6, 6.07) is 2.01. The molecule has 4 heteroatoms. The van der Waals surface area contributed by atoms with E-state index in [1.165, 1.54) is 6.92 Å². The van der Waals surface area contributed by atoms with Crippen LogP contribution in [0.1, 0.15) is 12.5 Å². The summed E-state index contributed by atoms with van der Waals surface area (Å²) in [6.07, 6.45) is -0.503. The lowest BCUT2D eigenvalue weighted by Crippen LogP contribution is -2.04. The molecule has 0 bridgehead atoms. The van der Waals surface area contributed by atoms with Gasteiger partial charge < -0.3 is 10.2 Å². The quantitative estimate of drug-likeness (QED) is 0.739. The molecule has 0 aliphatic heterocycles. The maximum atomic E-state index is 12.7. The second-order valence-corrected chi connectivity index (χ2v) is 2.96. The van der Waals surface area contributed by atoms with Crippen LogP contribution in [0.15, 0.2) is 12.1 Å². The maximum absolute atomic E-state index is 12.7. The first kappa shape index (κ1) is 9.92. The number of phenols is 1. The molecule has 72 valence electrons. The second-order valence-electron chi connectivity index (χ2n) is 2.96. The van der Waals surface area contributed by atoms with E-state index in [0.717, 1.165) is 12.1 Å². The van der Waals surface area contributed by atoms with Crippen molar-refractivity contribution in [1.29, 1.82) is 0 Å². The van der Waals surface area contributed by atoms with E-state index in [0.29, 0.717) is 5.56 Å². The van der Waals surface area contributed by atoms with Gasteiger partial charge in [0, 0.05) is 0 Å². The van der Waals surface area contributed by atoms with E-state index in [1.807, 2.05) is 0 Å². The van der Waals surface area contributed by atoms with Crippen molar-refractivity contribution in [3.63, 3.8) is 0 Å². The first-order valence-corrected chi connectivity index (χ1v) is 3.85. The number of hydrogen-bond acceptors (Lipinski definition) is 2. The molecule has 0 heterocycles. The highest BCUT2D eigenvalue weighted by Gasteiger charge is 2.10. The summed E-state index contributed by atoms with van der Waals surface area (Å²) in [6.45, 7) is 1.52. The lowest BCUT2D eigenvalue weighted by molar-refractivity contribution is 0.195. The summed E-state index contributed by atoms with van der Waals surface area (Å²) < 4.78 is 25.4. The average Bonchev–Trinajstić information content (AvgIpc) is 1.98. The summed E-state index contributed by atoms with van der Waals surface area (Å²) in [4.78, 5) is 0. The van der Waals surface area contributed by atoms with Crippen LogP contribution >= 0.6 is 0 Å². The minimum Gasteiger partial charge on any atom is -0.503 e. The third-order valence-corrected chi connectivity index (χ3v) is 1.61. The van der Waals surface area contributed by atoms with Crippen molar-refractivity contribution in [3.05, 3.63) is 29.3 Å². The molecular formula is C9H10F2O2. The van der Waals surface area contributed by atoms with Gasteiger partial charge >= 0.3 is 0 Å². The molecule has 1 aromatic carbocycles. The van der Waals surface area contributed by atoms with E-state index in [4.69, 9.17) is 10.2 Å². The van der Waals surface area contributed by atoms with Crippen molar-refractivity contribution < 1.29 is 19.0 Å². The standard InChI is InChI=1S/C9H10F2O2/c1-5(12)2-6-3-7(10)9(13)8(11)4-6/h3-5,12-13H,2H2,1H3. The molecule has 2 nitrogen and oxygen atoms in total. The topological polar surface area (TPSA) is 40.5 Å². The Morgan fingerprint density at radius 1 is 1.31 bits per heavy atom. The molecule has 0 amide bonds. The number of halogens is 2. The van der Waals surface area contributed by atoms with Gasteiger partial charge in [-0.3, -0.25) is 0 Å². The van der Waals surface area contributed by atoms with Crippen molar-refractivity contribution in [2.75, 3.05) is 0 Å². The number of aliphatic hydroxyl groups excluding tert-OH is 1. The van der Waals surface area contributed by atoms with E-state index in [1.54, 1.807) is 0 Å². The Balaban J connectivity index is 2.99. The Bertz CT molecular complexity index is 287. The molecule has 1 aromatic rings. The SMILES string of the molecule is CC(O)Cc1cc(F)c(O)c(F)c1. The van der Waals surface area contributed by atoms with Crippen LogP contribution in [0, 0.1) is 11.6 Å². The third-order valence-electron chi connectivity index (χ3n) is 1.61. The van der Waals surface area contributed by atoms with Gasteiger partial charge in [0.2, 0.25) is 0 Å². The Kier molecular flexibility index (Phi) is 2.83. The van der Waals surface area contributed by atoms with Crippen molar-refractivity contribution in [3.8, 4) is 5.75 Å². The van der Waals surface area contributed by atoms with Crippen molar-refractivity contribution in [1.82, 2.24) is 0 Å². The molecule has 13 heavy (non-hydrogen) atoms. The van der Waals surface area contributed by atoms with Gasteiger partial charge in [-0.2, -0.15) is 0 Å². The van der Waals surface area contributed by atoms with Gasteiger partial charge in [0.05, 0.1) is 6.10 Å². The van der Waals surface area contributed by atoms with Gasteiger partial charge in [-0.1, -0.05) is 0 Å². The van der Waals surface area contributed by atoms with E-state index < -0.39 is 23.5 Å². The highest BCUT2D eigenvalue weighted by atomic mass is 19.1. The molecule has 0 aromatic heterocycles. The highest BCUT2D eigenvalue weighted by Crippen LogP contribution is 2.21. The van der Waals surface area contributed by atoms with Gasteiger partial charge in [0.25, 0.3) is 0 Å². The Morgan fingerprint density at radius 3 is 2.15 bits per heavy atom. The molecule has 1 rings (SSSR count). The second kappa shape index (κ2) is 3.70. The molecule has 2 N–H and O–H groups in total. The number of hydrogen-bond donors (Lipinski definition) is 2. The van der Waals surface area contributed by atoms with Gasteiger partial charge in [-0.15, -0.1) is 0 Å². The smallest absolute Gasteiger partial charge is 0.187 e. The molecule has 0 aliphatic rings. The minimum absolute atomic E-state index is 0.161. The van der Waals surface area contributed by atoms with Gasteiger partial charge in [0.15, 0.2) is 17.4 Å². The average molecular weight is 188 g/mol. The zero-order chi connectivity index (χ0) is 10.0. The summed E-state index contributed by atoms with van der Waals surface area (Å²) in [7, 11) is 0. The predicted molar refractivity (Wildman–Crippen MR) is 43.4 cm³/mol. The fraction of sp³-hybridized carbons (Fsp3) is 0.333. The molecule has 0 radical (unpaired) electrons. The van der Waals surface area contributed by atoms with Crippen LogP contribution < -0.4 is 0 Å². The van der Waals surface area contributed by atoms with Crippen molar-refractivity contribution >= 4 is 0 Å². The van der Waals surface area contributed by atoms with Gasteiger partial charge in [-0.25, -0.2) is 8.78 Å². The van der Waals surface area contributed by atoms with Crippen LogP contribution in [0.5, 0.6) is 5.75 Å². The van der Waals surface area contributed by atoms with Crippen LogP contribution in [0.25, 0.3) is 0 Å². The first-order valence-electron chi connectivity index (χ1n) is 3.85. The molecule has 0 saturated heterocycles. The molecule has 0 saturated carbocycles. The minimum atomic E-state index is -1.00. The van der Waals surface area contributed by atoms with E-state index in [9.17, 15) is 8.78 Å². The Labute approximate surface area is 74.4 Å². The first-order chi connectivity index (χ1) is 6.00. The highest BCUT2D eigenvalue weighted by molar-refractivity contribution is 5.30. The van der Waals surface area contributed by atoms with Crippen molar-refractivity contribution in [2.45, 2.75) is 19.4 Å². The van der Waals surface area contributed by atoms with E-state index >= 15 is 0 Å². The van der Waals surface area contributed by atoms with Crippen LogP contribution in [0.3, 0.4) is 0 Å². The summed E-state index contributed by atoms with van der Waals surface area (Å²) in [5.41, 5.74) is 0.322. The normalized spacial score (nSPS) is 12.9. The predicted octanol–water partition coefficient (Wildman–Crippen LogP) is 1.59. The maximum Gasteiger partial charge on any atom is 0.187 e. The van der Waals surface area contributed by atoms with Crippen LogP contribution in [-0.2, 0) is 6.42 Å². The molecule has 0 fully saturated rings. The number of rotatable bonds is 2. The summed E-state index contributed by atoms with van der Waals surface area (Å²) >= 11 is 0. The lowest BCUT2D eigenvalue weighted by atomic mass is 10.1. The zero-order valence-corrected chi connectivity index (χ0v) is 7.09. The Hall–Kier alpha value is -1.16. The van der Waals surface area contributed by atoms with Crippen LogP contribution in [0.4, 0.5) is 8.78 Å². The zero-order valence-electron chi connectivity index (χ0n) is 7.09. The molecule has 0 spiro atoms.